The fourth-order valence-electron chi connectivity index (χ4n) is 5.25. The molecule has 5 heteroatoms. The van der Waals surface area contributed by atoms with Crippen LogP contribution in [0.1, 0.15) is 34.8 Å². The van der Waals surface area contributed by atoms with Crippen LogP contribution >= 0.6 is 0 Å². The predicted molar refractivity (Wildman–Crippen MR) is 144 cm³/mol. The summed E-state index contributed by atoms with van der Waals surface area (Å²) < 4.78 is 36.5. The molecule has 0 spiro atoms. The molecule has 2 heterocycles. The monoisotopic (exact) mass is 493 g/mol. The molecule has 0 amide bonds. The van der Waals surface area contributed by atoms with E-state index in [1.807, 2.05) is 97.9 Å². The average Bonchev–Trinajstić information content (AvgIpc) is 2.92. The minimum Gasteiger partial charge on any atom is -0.481 e. The molecular formula is C31H27NO3S. The lowest BCUT2D eigenvalue weighted by atomic mass is 9.86. The predicted octanol–water partition coefficient (Wildman–Crippen LogP) is 6.72. The lowest BCUT2D eigenvalue weighted by Gasteiger charge is -2.41. The Morgan fingerprint density at radius 2 is 1.50 bits per heavy atom. The molecule has 0 aliphatic carbocycles. The normalized spacial score (nSPS) is 19.0. The van der Waals surface area contributed by atoms with Gasteiger partial charge >= 0.3 is 0 Å². The second-order valence-electron chi connectivity index (χ2n) is 9.36. The molecule has 0 saturated carbocycles. The van der Waals surface area contributed by atoms with Crippen molar-refractivity contribution >= 4 is 21.3 Å². The third kappa shape index (κ3) is 3.90. The van der Waals surface area contributed by atoms with Crippen LogP contribution in [0.5, 0.6) is 5.75 Å². The first-order valence-corrected chi connectivity index (χ1v) is 13.7. The Morgan fingerprint density at radius 1 is 0.806 bits per heavy atom. The zero-order valence-electron chi connectivity index (χ0n) is 20.0. The number of fused-ring (bicyclic) bond motifs is 2. The van der Waals surface area contributed by atoms with Crippen LogP contribution in [-0.4, -0.2) is 14.5 Å². The van der Waals surface area contributed by atoms with Crippen LogP contribution in [0.15, 0.2) is 114 Å². The highest BCUT2D eigenvalue weighted by atomic mass is 32.2. The number of benzene rings is 4. The molecule has 0 radical (unpaired) electrons. The van der Waals surface area contributed by atoms with Gasteiger partial charge in [0, 0.05) is 5.56 Å². The molecule has 0 aromatic heterocycles. The summed E-state index contributed by atoms with van der Waals surface area (Å²) in [7, 11) is -3.82. The standard InChI is InChI=1S/C31H27NO3S/c1-22-15-18-25(19-16-22)36(33,34)32-28-13-7-5-9-23(28)17-20-29(32)27-21-31(24-10-3-2-4-11-24)35-30-14-8-6-12-26(27)30/h2-16,18-19,21,29,31H,17,20H2,1H3. The van der Waals surface area contributed by atoms with Gasteiger partial charge in [0.15, 0.2) is 0 Å². The van der Waals surface area contributed by atoms with Crippen LogP contribution in [0.2, 0.25) is 0 Å². The number of aryl methyl sites for hydroxylation is 2. The van der Waals surface area contributed by atoms with Gasteiger partial charge in [0.25, 0.3) is 10.0 Å². The van der Waals surface area contributed by atoms with Crippen molar-refractivity contribution in [2.45, 2.75) is 36.8 Å². The van der Waals surface area contributed by atoms with E-state index in [1.165, 1.54) is 0 Å². The molecule has 0 bridgehead atoms. The van der Waals surface area contributed by atoms with E-state index < -0.39 is 10.0 Å². The fourth-order valence-corrected chi connectivity index (χ4v) is 6.94. The smallest absolute Gasteiger partial charge is 0.264 e. The van der Waals surface area contributed by atoms with E-state index in [9.17, 15) is 8.42 Å². The van der Waals surface area contributed by atoms with Crippen molar-refractivity contribution in [2.75, 3.05) is 4.31 Å². The van der Waals surface area contributed by atoms with Crippen LogP contribution in [0.25, 0.3) is 5.57 Å². The summed E-state index contributed by atoms with van der Waals surface area (Å²) in [5.41, 5.74) is 5.78. The van der Waals surface area contributed by atoms with Crippen LogP contribution in [-0.2, 0) is 16.4 Å². The molecule has 0 N–H and O–H groups in total. The van der Waals surface area contributed by atoms with Crippen LogP contribution in [0, 0.1) is 6.92 Å². The van der Waals surface area contributed by atoms with Gasteiger partial charge in [0.2, 0.25) is 0 Å². The molecular weight excluding hydrogens is 466 g/mol. The number of nitrogens with zero attached hydrogens (tertiary/aromatic N) is 1. The van der Waals surface area contributed by atoms with Gasteiger partial charge in [-0.05, 0) is 66.8 Å². The molecule has 2 aliphatic rings. The third-order valence-corrected chi connectivity index (χ3v) is 8.88. The minimum absolute atomic E-state index is 0.294. The van der Waals surface area contributed by atoms with E-state index in [0.717, 1.165) is 45.7 Å². The van der Waals surface area contributed by atoms with Gasteiger partial charge < -0.3 is 4.74 Å². The SMILES string of the molecule is Cc1ccc(S(=O)(=O)N2c3ccccc3CCC2C2=CC(c3ccccc3)Oc3ccccc32)cc1. The van der Waals surface area contributed by atoms with E-state index in [0.29, 0.717) is 11.3 Å². The number of anilines is 1. The Labute approximate surface area is 212 Å². The largest absolute Gasteiger partial charge is 0.481 e. The molecule has 0 fully saturated rings. The number of sulfonamides is 1. The number of para-hydroxylation sites is 2. The zero-order chi connectivity index (χ0) is 24.7. The molecule has 4 nitrogen and oxygen atoms in total. The van der Waals surface area contributed by atoms with Crippen molar-refractivity contribution in [2.24, 2.45) is 0 Å². The maximum atomic E-state index is 14.2. The van der Waals surface area contributed by atoms with Gasteiger partial charge in [0.1, 0.15) is 11.9 Å². The molecule has 4 aromatic rings. The first-order valence-electron chi connectivity index (χ1n) is 12.2. The average molecular weight is 494 g/mol. The number of ether oxygens (including phenoxy) is 1. The maximum absolute atomic E-state index is 14.2. The second kappa shape index (κ2) is 8.99. The van der Waals surface area contributed by atoms with E-state index in [1.54, 1.807) is 16.4 Å². The summed E-state index contributed by atoms with van der Waals surface area (Å²) >= 11 is 0. The zero-order valence-corrected chi connectivity index (χ0v) is 20.9. The second-order valence-corrected chi connectivity index (χ2v) is 11.2. The van der Waals surface area contributed by atoms with Gasteiger partial charge in [-0.15, -0.1) is 0 Å². The van der Waals surface area contributed by atoms with Gasteiger partial charge in [-0.1, -0.05) is 84.4 Å². The Morgan fingerprint density at radius 3 is 2.31 bits per heavy atom. The molecule has 2 atom stereocenters. The summed E-state index contributed by atoms with van der Waals surface area (Å²) in [6.45, 7) is 1.96. The van der Waals surface area contributed by atoms with Gasteiger partial charge in [-0.2, -0.15) is 0 Å². The molecule has 36 heavy (non-hydrogen) atoms. The lowest BCUT2D eigenvalue weighted by molar-refractivity contribution is 0.249. The highest BCUT2D eigenvalue weighted by Gasteiger charge is 2.40. The number of rotatable bonds is 4. The first kappa shape index (κ1) is 22.6. The van der Waals surface area contributed by atoms with Crippen molar-refractivity contribution in [1.82, 2.24) is 0 Å². The number of hydrogen-bond donors (Lipinski definition) is 0. The van der Waals surface area contributed by atoms with Crippen molar-refractivity contribution in [3.63, 3.8) is 0 Å². The lowest BCUT2D eigenvalue weighted by Crippen LogP contribution is -2.45. The van der Waals surface area contributed by atoms with Crippen LogP contribution in [0.3, 0.4) is 0 Å². The van der Waals surface area contributed by atoms with E-state index in [-0.39, 0.29) is 12.1 Å². The Balaban J connectivity index is 1.54. The molecule has 2 aliphatic heterocycles. The van der Waals surface area contributed by atoms with Crippen LogP contribution < -0.4 is 9.04 Å². The highest BCUT2D eigenvalue weighted by Crippen LogP contribution is 2.45. The Hall–Kier alpha value is -3.83. The molecule has 2 unspecified atom stereocenters. The summed E-state index contributed by atoms with van der Waals surface area (Å²) in [4.78, 5) is 0.301. The molecule has 4 aromatic carbocycles. The highest BCUT2D eigenvalue weighted by molar-refractivity contribution is 7.92. The quantitative estimate of drug-likeness (QED) is 0.317. The van der Waals surface area contributed by atoms with E-state index in [4.69, 9.17) is 4.74 Å². The van der Waals surface area contributed by atoms with Crippen molar-refractivity contribution in [3.05, 3.63) is 131 Å². The maximum Gasteiger partial charge on any atom is 0.264 e. The third-order valence-electron chi connectivity index (χ3n) is 7.05. The summed E-state index contributed by atoms with van der Waals surface area (Å²) in [6.07, 6.45) is 3.30. The summed E-state index contributed by atoms with van der Waals surface area (Å²) in [6, 6.07) is 32.6. The summed E-state index contributed by atoms with van der Waals surface area (Å²) in [5, 5.41) is 0. The van der Waals surface area contributed by atoms with Crippen molar-refractivity contribution in [3.8, 4) is 5.75 Å². The van der Waals surface area contributed by atoms with Crippen molar-refractivity contribution < 1.29 is 13.2 Å². The van der Waals surface area contributed by atoms with Gasteiger partial charge in [0.05, 0.1) is 16.6 Å². The van der Waals surface area contributed by atoms with Gasteiger partial charge in [-0.3, -0.25) is 4.31 Å². The van der Waals surface area contributed by atoms with Gasteiger partial charge in [-0.25, -0.2) is 8.42 Å². The van der Waals surface area contributed by atoms with E-state index >= 15 is 0 Å². The van der Waals surface area contributed by atoms with Crippen LogP contribution in [0.4, 0.5) is 5.69 Å². The summed E-state index contributed by atoms with van der Waals surface area (Å²) in [5.74, 6) is 0.774. The molecule has 6 rings (SSSR count). The van der Waals surface area contributed by atoms with E-state index in [2.05, 4.69) is 6.08 Å². The Bertz CT molecular complexity index is 1540. The topological polar surface area (TPSA) is 46.6 Å². The molecule has 0 saturated heterocycles. The van der Waals surface area contributed by atoms with Crippen molar-refractivity contribution in [1.29, 1.82) is 0 Å². The Kier molecular flexibility index (Phi) is 5.65. The molecule has 180 valence electrons. The fraction of sp³-hybridized carbons (Fsp3) is 0.161. The first-order chi connectivity index (χ1) is 17.5. The number of hydrogen-bond acceptors (Lipinski definition) is 3. The minimum atomic E-state index is -3.82.